The number of alkyl halides is 3. The van der Waals surface area contributed by atoms with Crippen molar-refractivity contribution in [1.29, 1.82) is 0 Å². The highest BCUT2D eigenvalue weighted by Crippen LogP contribution is 2.29. The summed E-state index contributed by atoms with van der Waals surface area (Å²) < 4.78 is 41.7. The minimum Gasteiger partial charge on any atom is -0.362 e. The predicted molar refractivity (Wildman–Crippen MR) is 76.9 cm³/mol. The molecule has 1 amide bonds. The van der Waals surface area contributed by atoms with Crippen LogP contribution in [0.15, 0.2) is 22.5 Å². The van der Waals surface area contributed by atoms with Crippen LogP contribution in [-0.2, 0) is 9.53 Å². The Bertz CT molecular complexity index is 643. The summed E-state index contributed by atoms with van der Waals surface area (Å²) in [6.07, 6.45) is -2.52. The molecule has 1 N–H and O–H groups in total. The third-order valence-corrected chi connectivity index (χ3v) is 4.33. The number of halogens is 3. The SMILES string of the molecule is CSc1nc2ccc(NC(=O)COCC(F)(F)F)cc2s1. The zero-order chi connectivity index (χ0) is 15.5. The van der Waals surface area contributed by atoms with E-state index in [9.17, 15) is 18.0 Å². The number of thioether (sulfide) groups is 1. The van der Waals surface area contributed by atoms with E-state index in [2.05, 4.69) is 15.0 Å². The fourth-order valence-corrected chi connectivity index (χ4v) is 3.05. The van der Waals surface area contributed by atoms with Crippen LogP contribution in [-0.4, -0.2) is 36.5 Å². The molecule has 0 unspecified atom stereocenters. The number of anilines is 1. The van der Waals surface area contributed by atoms with E-state index in [0.29, 0.717) is 5.69 Å². The van der Waals surface area contributed by atoms with Crippen molar-refractivity contribution in [3.63, 3.8) is 0 Å². The average Bonchev–Trinajstić information content (AvgIpc) is 2.79. The van der Waals surface area contributed by atoms with Gasteiger partial charge in [0.1, 0.15) is 13.2 Å². The number of nitrogens with one attached hydrogen (secondary N) is 1. The fraction of sp³-hybridized carbons (Fsp3) is 0.333. The lowest BCUT2D eigenvalue weighted by molar-refractivity contribution is -0.174. The number of nitrogens with zero attached hydrogens (tertiary/aromatic N) is 1. The molecule has 1 heterocycles. The predicted octanol–water partition coefficient (Wildman–Crippen LogP) is 3.54. The fourth-order valence-electron chi connectivity index (χ4n) is 1.53. The Morgan fingerprint density at radius 3 is 2.90 bits per heavy atom. The number of carbonyl (C=O) groups is 1. The maximum Gasteiger partial charge on any atom is 0.411 e. The first-order valence-electron chi connectivity index (χ1n) is 5.76. The van der Waals surface area contributed by atoms with Crippen LogP contribution in [0.2, 0.25) is 0 Å². The van der Waals surface area contributed by atoms with Crippen LogP contribution in [0.4, 0.5) is 18.9 Å². The lowest BCUT2D eigenvalue weighted by Crippen LogP contribution is -2.23. The molecule has 9 heteroatoms. The molecule has 1 aromatic heterocycles. The van der Waals surface area contributed by atoms with E-state index in [0.717, 1.165) is 14.6 Å². The van der Waals surface area contributed by atoms with E-state index in [1.807, 2.05) is 6.26 Å². The van der Waals surface area contributed by atoms with Gasteiger partial charge < -0.3 is 10.1 Å². The van der Waals surface area contributed by atoms with Crippen molar-refractivity contribution in [2.75, 3.05) is 24.8 Å². The van der Waals surface area contributed by atoms with Gasteiger partial charge in [0, 0.05) is 5.69 Å². The van der Waals surface area contributed by atoms with Gasteiger partial charge in [-0.2, -0.15) is 13.2 Å². The normalized spacial score (nSPS) is 11.8. The van der Waals surface area contributed by atoms with Crippen LogP contribution in [0.1, 0.15) is 0 Å². The minimum atomic E-state index is -4.43. The third kappa shape index (κ3) is 4.87. The second-order valence-electron chi connectivity index (χ2n) is 4.02. The highest BCUT2D eigenvalue weighted by atomic mass is 32.2. The number of rotatable bonds is 5. The van der Waals surface area contributed by atoms with Gasteiger partial charge in [-0.15, -0.1) is 11.3 Å². The molecule has 0 fully saturated rings. The first-order valence-corrected chi connectivity index (χ1v) is 7.80. The summed E-state index contributed by atoms with van der Waals surface area (Å²) in [6.45, 7) is -2.08. The first kappa shape index (κ1) is 16.1. The zero-order valence-corrected chi connectivity index (χ0v) is 12.5. The molecular weight excluding hydrogens is 325 g/mol. The highest BCUT2D eigenvalue weighted by molar-refractivity contribution is 8.00. The highest BCUT2D eigenvalue weighted by Gasteiger charge is 2.27. The Hall–Kier alpha value is -1.32. The molecule has 21 heavy (non-hydrogen) atoms. The van der Waals surface area contributed by atoms with Gasteiger partial charge in [-0.25, -0.2) is 4.98 Å². The quantitative estimate of drug-likeness (QED) is 0.849. The van der Waals surface area contributed by atoms with Crippen molar-refractivity contribution in [2.45, 2.75) is 10.5 Å². The van der Waals surface area contributed by atoms with Crippen LogP contribution in [0.3, 0.4) is 0 Å². The van der Waals surface area contributed by atoms with Crippen LogP contribution in [0.25, 0.3) is 10.2 Å². The molecule has 114 valence electrons. The number of aromatic nitrogens is 1. The summed E-state index contributed by atoms with van der Waals surface area (Å²) in [5.74, 6) is -0.631. The molecule has 2 rings (SSSR count). The van der Waals surface area contributed by atoms with Crippen molar-refractivity contribution in [3.8, 4) is 0 Å². The molecule has 4 nitrogen and oxygen atoms in total. The summed E-state index contributed by atoms with van der Waals surface area (Å²) in [5.41, 5.74) is 1.31. The maximum atomic E-state index is 11.9. The second kappa shape index (κ2) is 6.63. The number of fused-ring (bicyclic) bond motifs is 1. The Kier molecular flexibility index (Phi) is 5.07. The molecule has 0 bridgehead atoms. The van der Waals surface area contributed by atoms with Crippen LogP contribution < -0.4 is 5.32 Å². The largest absolute Gasteiger partial charge is 0.411 e. The standard InChI is InChI=1S/C12H11F3N2O2S2/c1-20-11-17-8-3-2-7(4-9(8)21-11)16-10(18)5-19-6-12(13,14)15/h2-4H,5-6H2,1H3,(H,16,18). The molecule has 0 atom stereocenters. The van der Waals surface area contributed by atoms with E-state index >= 15 is 0 Å². The summed E-state index contributed by atoms with van der Waals surface area (Å²) in [5, 5.41) is 2.49. The number of amides is 1. The number of hydrogen-bond acceptors (Lipinski definition) is 5. The van der Waals surface area contributed by atoms with E-state index in [1.54, 1.807) is 18.2 Å². The minimum absolute atomic E-state index is 0.499. The van der Waals surface area contributed by atoms with E-state index in [4.69, 9.17) is 0 Å². The Balaban J connectivity index is 1.94. The number of ether oxygens (including phenoxy) is 1. The molecule has 0 radical (unpaired) electrons. The number of benzene rings is 1. The molecule has 1 aromatic carbocycles. The molecule has 0 saturated heterocycles. The number of thiazole rings is 1. The van der Waals surface area contributed by atoms with Crippen LogP contribution >= 0.6 is 23.1 Å². The van der Waals surface area contributed by atoms with Gasteiger partial charge in [0.15, 0.2) is 4.34 Å². The van der Waals surface area contributed by atoms with Crippen molar-refractivity contribution in [3.05, 3.63) is 18.2 Å². The monoisotopic (exact) mass is 336 g/mol. The van der Waals surface area contributed by atoms with Gasteiger partial charge in [0.2, 0.25) is 5.91 Å². The number of carbonyl (C=O) groups excluding carboxylic acids is 1. The molecule has 0 aliphatic carbocycles. The van der Waals surface area contributed by atoms with Crippen molar-refractivity contribution in [1.82, 2.24) is 4.98 Å². The Morgan fingerprint density at radius 2 is 2.24 bits per heavy atom. The molecule has 0 saturated carbocycles. The van der Waals surface area contributed by atoms with Crippen molar-refractivity contribution >= 4 is 44.9 Å². The Labute approximate surface area is 126 Å². The smallest absolute Gasteiger partial charge is 0.362 e. The second-order valence-corrected chi connectivity index (χ2v) is 6.11. The van der Waals surface area contributed by atoms with E-state index < -0.39 is 25.3 Å². The van der Waals surface area contributed by atoms with Gasteiger partial charge in [0.25, 0.3) is 0 Å². The molecule has 2 aromatic rings. The lowest BCUT2D eigenvalue weighted by atomic mass is 10.3. The van der Waals surface area contributed by atoms with Crippen LogP contribution in [0.5, 0.6) is 0 Å². The lowest BCUT2D eigenvalue weighted by Gasteiger charge is -2.08. The van der Waals surface area contributed by atoms with Gasteiger partial charge in [-0.3, -0.25) is 4.79 Å². The molecule has 0 aliphatic rings. The van der Waals surface area contributed by atoms with E-state index in [-0.39, 0.29) is 0 Å². The Morgan fingerprint density at radius 1 is 1.48 bits per heavy atom. The molecule has 0 aliphatic heterocycles. The average molecular weight is 336 g/mol. The summed E-state index contributed by atoms with van der Waals surface area (Å²) in [6, 6.07) is 5.12. The summed E-state index contributed by atoms with van der Waals surface area (Å²) >= 11 is 3.00. The zero-order valence-electron chi connectivity index (χ0n) is 10.9. The van der Waals surface area contributed by atoms with Crippen LogP contribution in [0, 0.1) is 0 Å². The third-order valence-electron chi connectivity index (χ3n) is 2.33. The van der Waals surface area contributed by atoms with E-state index in [1.165, 1.54) is 23.1 Å². The van der Waals surface area contributed by atoms with Crippen molar-refractivity contribution in [2.24, 2.45) is 0 Å². The van der Waals surface area contributed by atoms with Crippen molar-refractivity contribution < 1.29 is 22.7 Å². The van der Waals surface area contributed by atoms with Gasteiger partial charge in [0.05, 0.1) is 10.2 Å². The summed E-state index contributed by atoms with van der Waals surface area (Å²) in [7, 11) is 0. The molecular formula is C12H11F3N2O2S2. The summed E-state index contributed by atoms with van der Waals surface area (Å²) in [4.78, 5) is 15.8. The molecule has 0 spiro atoms. The number of hydrogen-bond donors (Lipinski definition) is 1. The van der Waals surface area contributed by atoms with Gasteiger partial charge in [-0.1, -0.05) is 11.8 Å². The van der Waals surface area contributed by atoms with Gasteiger partial charge in [-0.05, 0) is 24.5 Å². The maximum absolute atomic E-state index is 11.9. The topological polar surface area (TPSA) is 51.2 Å². The van der Waals surface area contributed by atoms with Gasteiger partial charge >= 0.3 is 6.18 Å². The first-order chi connectivity index (χ1) is 9.87.